The van der Waals surface area contributed by atoms with Gasteiger partial charge in [-0.25, -0.2) is 4.79 Å². The van der Waals surface area contributed by atoms with Crippen LogP contribution in [0.1, 0.15) is 39.5 Å². The molecule has 1 aliphatic rings. The first kappa shape index (κ1) is 20.0. The van der Waals surface area contributed by atoms with Crippen LogP contribution in [-0.4, -0.2) is 68.4 Å². The lowest BCUT2D eigenvalue weighted by Gasteiger charge is -2.31. The topological polar surface area (TPSA) is 42.0 Å². The normalized spacial score (nSPS) is 16.1. The van der Waals surface area contributed by atoms with E-state index in [2.05, 4.69) is 18.5 Å². The molecule has 0 radical (unpaired) electrons. The number of ether oxygens (including phenoxy) is 2. The fourth-order valence-corrected chi connectivity index (χ4v) is 2.58. The lowest BCUT2D eigenvalue weighted by atomic mass is 10.1. The molecule has 0 unspecified atom stereocenters. The first-order valence-electron chi connectivity index (χ1n) is 8.85. The molecule has 0 aliphatic carbocycles. The first-order valence-corrected chi connectivity index (χ1v) is 8.85. The molecule has 23 heavy (non-hydrogen) atoms. The number of amides is 1. The molecular weight excluding hydrogens is 292 g/mol. The van der Waals surface area contributed by atoms with Crippen molar-refractivity contribution in [3.8, 4) is 0 Å². The van der Waals surface area contributed by atoms with Crippen molar-refractivity contribution in [3.05, 3.63) is 12.7 Å². The number of likely N-dealkylation sites (N-methyl/N-ethyl adjacent to an activating group) is 1. The molecular formula is C18H34N2O3. The summed E-state index contributed by atoms with van der Waals surface area (Å²) in [6.45, 7) is 12.6. The number of unbranched alkanes of at least 4 members (excludes halogenated alkanes) is 1. The van der Waals surface area contributed by atoms with E-state index >= 15 is 0 Å². The third-order valence-corrected chi connectivity index (χ3v) is 3.97. The van der Waals surface area contributed by atoms with E-state index in [1.54, 1.807) is 4.90 Å². The Bertz CT molecular complexity index is 339. The van der Waals surface area contributed by atoms with Crippen LogP contribution in [0.25, 0.3) is 0 Å². The first-order chi connectivity index (χ1) is 11.0. The molecule has 1 saturated heterocycles. The highest BCUT2D eigenvalue weighted by Gasteiger charge is 2.24. The Morgan fingerprint density at radius 1 is 1.35 bits per heavy atom. The van der Waals surface area contributed by atoms with Crippen LogP contribution in [0.15, 0.2) is 12.7 Å². The van der Waals surface area contributed by atoms with Gasteiger partial charge in [-0.2, -0.15) is 0 Å². The minimum Gasteiger partial charge on any atom is -0.449 e. The van der Waals surface area contributed by atoms with Gasteiger partial charge in [0, 0.05) is 26.2 Å². The SMILES string of the molecule is C=CCN(C)CCCCOC1CCN(C(=O)OCC(C)C)CC1. The lowest BCUT2D eigenvalue weighted by Crippen LogP contribution is -2.41. The second-order valence-electron chi connectivity index (χ2n) is 6.79. The summed E-state index contributed by atoms with van der Waals surface area (Å²) in [6.07, 6.45) is 6.08. The summed E-state index contributed by atoms with van der Waals surface area (Å²) in [7, 11) is 2.11. The summed E-state index contributed by atoms with van der Waals surface area (Å²) in [5, 5.41) is 0. The van der Waals surface area contributed by atoms with Gasteiger partial charge < -0.3 is 19.3 Å². The predicted molar refractivity (Wildman–Crippen MR) is 93.7 cm³/mol. The summed E-state index contributed by atoms with van der Waals surface area (Å²) < 4.78 is 11.2. The van der Waals surface area contributed by atoms with Crippen LogP contribution >= 0.6 is 0 Å². The minimum absolute atomic E-state index is 0.178. The summed E-state index contributed by atoms with van der Waals surface area (Å²) in [6, 6.07) is 0. The van der Waals surface area contributed by atoms with E-state index in [1.165, 1.54) is 0 Å². The van der Waals surface area contributed by atoms with Crippen molar-refractivity contribution >= 4 is 6.09 Å². The van der Waals surface area contributed by atoms with Gasteiger partial charge in [-0.1, -0.05) is 19.9 Å². The monoisotopic (exact) mass is 326 g/mol. The number of rotatable bonds is 10. The van der Waals surface area contributed by atoms with E-state index in [0.717, 1.165) is 58.5 Å². The van der Waals surface area contributed by atoms with E-state index in [-0.39, 0.29) is 12.2 Å². The highest BCUT2D eigenvalue weighted by molar-refractivity contribution is 5.67. The van der Waals surface area contributed by atoms with Gasteiger partial charge in [-0.05, 0) is 45.2 Å². The van der Waals surface area contributed by atoms with Crippen LogP contribution in [0.3, 0.4) is 0 Å². The molecule has 0 N–H and O–H groups in total. The highest BCUT2D eigenvalue weighted by Crippen LogP contribution is 2.15. The fraction of sp³-hybridized carbons (Fsp3) is 0.833. The van der Waals surface area contributed by atoms with Crippen molar-refractivity contribution in [1.82, 2.24) is 9.80 Å². The Labute approximate surface area is 141 Å². The van der Waals surface area contributed by atoms with Crippen molar-refractivity contribution in [2.24, 2.45) is 5.92 Å². The second-order valence-corrected chi connectivity index (χ2v) is 6.79. The van der Waals surface area contributed by atoms with E-state index in [1.807, 2.05) is 19.9 Å². The van der Waals surface area contributed by atoms with E-state index in [9.17, 15) is 4.79 Å². The third kappa shape index (κ3) is 8.96. The molecule has 134 valence electrons. The van der Waals surface area contributed by atoms with Gasteiger partial charge in [0.1, 0.15) is 0 Å². The Balaban J connectivity index is 2.05. The van der Waals surface area contributed by atoms with Gasteiger partial charge in [-0.15, -0.1) is 6.58 Å². The fourth-order valence-electron chi connectivity index (χ4n) is 2.58. The summed E-state index contributed by atoms with van der Waals surface area (Å²) >= 11 is 0. The minimum atomic E-state index is -0.178. The molecule has 1 aliphatic heterocycles. The molecule has 5 nitrogen and oxygen atoms in total. The summed E-state index contributed by atoms with van der Waals surface area (Å²) in [4.78, 5) is 15.9. The van der Waals surface area contributed by atoms with Crippen LogP contribution in [0.4, 0.5) is 4.79 Å². The number of piperidine rings is 1. The zero-order chi connectivity index (χ0) is 17.1. The molecule has 0 aromatic rings. The van der Waals surface area contributed by atoms with E-state index < -0.39 is 0 Å². The lowest BCUT2D eigenvalue weighted by molar-refractivity contribution is 0.00301. The number of carbonyl (C=O) groups is 1. The molecule has 0 bridgehead atoms. The molecule has 1 amide bonds. The molecule has 0 spiro atoms. The number of likely N-dealkylation sites (tertiary alicyclic amines) is 1. The number of hydrogen-bond acceptors (Lipinski definition) is 4. The largest absolute Gasteiger partial charge is 0.449 e. The van der Waals surface area contributed by atoms with Gasteiger partial charge in [0.25, 0.3) is 0 Å². The zero-order valence-electron chi connectivity index (χ0n) is 15.1. The van der Waals surface area contributed by atoms with Crippen molar-refractivity contribution in [1.29, 1.82) is 0 Å². The van der Waals surface area contributed by atoms with Crippen molar-refractivity contribution in [2.75, 3.05) is 46.4 Å². The number of hydrogen-bond donors (Lipinski definition) is 0. The highest BCUT2D eigenvalue weighted by atomic mass is 16.6. The maximum absolute atomic E-state index is 11.9. The van der Waals surface area contributed by atoms with Gasteiger partial charge in [-0.3, -0.25) is 0 Å². The van der Waals surface area contributed by atoms with E-state index in [4.69, 9.17) is 9.47 Å². The molecule has 5 heteroatoms. The summed E-state index contributed by atoms with van der Waals surface area (Å²) in [5.41, 5.74) is 0. The quantitative estimate of drug-likeness (QED) is 0.457. The van der Waals surface area contributed by atoms with Crippen LogP contribution in [0.5, 0.6) is 0 Å². The van der Waals surface area contributed by atoms with Crippen LogP contribution in [0, 0.1) is 5.92 Å². The van der Waals surface area contributed by atoms with Gasteiger partial charge in [0.2, 0.25) is 0 Å². The van der Waals surface area contributed by atoms with Gasteiger partial charge in [0.15, 0.2) is 0 Å². The molecule has 0 aromatic heterocycles. The Kier molecular flexibility index (Phi) is 9.96. The Morgan fingerprint density at radius 2 is 2.04 bits per heavy atom. The van der Waals surface area contributed by atoms with E-state index in [0.29, 0.717) is 12.5 Å². The van der Waals surface area contributed by atoms with Gasteiger partial charge in [0.05, 0.1) is 12.7 Å². The maximum Gasteiger partial charge on any atom is 0.409 e. The average Bonchev–Trinajstić information content (AvgIpc) is 2.53. The second kappa shape index (κ2) is 11.5. The smallest absolute Gasteiger partial charge is 0.409 e. The standard InChI is InChI=1S/C18H34N2O3/c1-5-10-19(4)11-6-7-14-22-17-8-12-20(13-9-17)18(21)23-15-16(2)3/h5,16-17H,1,6-15H2,2-4H3. The summed E-state index contributed by atoms with van der Waals surface area (Å²) in [5.74, 6) is 0.380. The molecule has 0 saturated carbocycles. The van der Waals surface area contributed by atoms with Gasteiger partial charge >= 0.3 is 6.09 Å². The van der Waals surface area contributed by atoms with Crippen LogP contribution in [-0.2, 0) is 9.47 Å². The number of nitrogens with zero attached hydrogens (tertiary/aromatic N) is 2. The molecule has 1 heterocycles. The third-order valence-electron chi connectivity index (χ3n) is 3.97. The van der Waals surface area contributed by atoms with Crippen molar-refractivity contribution < 1.29 is 14.3 Å². The number of carbonyl (C=O) groups excluding carboxylic acids is 1. The maximum atomic E-state index is 11.9. The molecule has 1 rings (SSSR count). The van der Waals surface area contributed by atoms with Crippen molar-refractivity contribution in [3.63, 3.8) is 0 Å². The van der Waals surface area contributed by atoms with Crippen LogP contribution in [0.2, 0.25) is 0 Å². The Hall–Kier alpha value is -1.07. The molecule has 0 aromatic carbocycles. The average molecular weight is 326 g/mol. The van der Waals surface area contributed by atoms with Crippen LogP contribution < -0.4 is 0 Å². The molecule has 0 atom stereocenters. The molecule has 1 fully saturated rings. The Morgan fingerprint density at radius 3 is 2.65 bits per heavy atom. The zero-order valence-corrected chi connectivity index (χ0v) is 15.1. The van der Waals surface area contributed by atoms with Crippen molar-refractivity contribution in [2.45, 2.75) is 45.6 Å². The predicted octanol–water partition coefficient (Wildman–Crippen LogP) is 3.16.